The van der Waals surface area contributed by atoms with Gasteiger partial charge in [0.25, 0.3) is 5.91 Å². The Bertz CT molecular complexity index is 1070. The van der Waals surface area contributed by atoms with Crippen LogP contribution in [0, 0.1) is 0 Å². The highest BCUT2D eigenvalue weighted by atomic mass is 32.2. The van der Waals surface area contributed by atoms with Crippen LogP contribution in [0.4, 0.5) is 11.4 Å². The molecule has 1 aromatic heterocycles. The highest BCUT2D eigenvalue weighted by molar-refractivity contribution is 7.89. The van der Waals surface area contributed by atoms with Gasteiger partial charge in [0.15, 0.2) is 0 Å². The molecule has 3 aromatic rings. The highest BCUT2D eigenvalue weighted by Gasteiger charge is 2.15. The molecule has 0 unspecified atom stereocenters. The van der Waals surface area contributed by atoms with E-state index in [0.29, 0.717) is 24.2 Å². The third kappa shape index (κ3) is 6.16. The summed E-state index contributed by atoms with van der Waals surface area (Å²) in [5.41, 5.74) is 2.18. The Morgan fingerprint density at radius 1 is 0.968 bits per heavy atom. The number of thiophene rings is 1. The maximum Gasteiger partial charge on any atom is 0.255 e. The van der Waals surface area contributed by atoms with Gasteiger partial charge >= 0.3 is 0 Å². The van der Waals surface area contributed by atoms with Crippen LogP contribution >= 0.6 is 11.3 Å². The molecule has 0 radical (unpaired) electrons. The fraction of sp³-hybridized carbons (Fsp3) is 0.261. The molecule has 0 fully saturated rings. The molecule has 0 spiro atoms. The molecule has 1 amide bonds. The topological polar surface area (TPSA) is 78.5 Å². The lowest BCUT2D eigenvalue weighted by atomic mass is 10.2. The van der Waals surface area contributed by atoms with Crippen molar-refractivity contribution in [2.75, 3.05) is 29.9 Å². The van der Waals surface area contributed by atoms with Crippen LogP contribution in [0.1, 0.15) is 29.1 Å². The molecule has 2 N–H and O–H groups in total. The molecule has 3 rings (SSSR count). The summed E-state index contributed by atoms with van der Waals surface area (Å²) >= 11 is 1.60. The Hall–Kier alpha value is -2.68. The number of sulfonamides is 1. The smallest absolute Gasteiger partial charge is 0.255 e. The number of anilines is 2. The Morgan fingerprint density at radius 2 is 1.65 bits per heavy atom. The van der Waals surface area contributed by atoms with Crippen LogP contribution in [0.2, 0.25) is 0 Å². The van der Waals surface area contributed by atoms with E-state index < -0.39 is 10.0 Å². The molecule has 0 saturated carbocycles. The van der Waals surface area contributed by atoms with Gasteiger partial charge in [0.2, 0.25) is 10.0 Å². The van der Waals surface area contributed by atoms with E-state index in [1.54, 1.807) is 11.3 Å². The molecule has 164 valence electrons. The van der Waals surface area contributed by atoms with Crippen molar-refractivity contribution in [1.29, 1.82) is 0 Å². The molecule has 31 heavy (non-hydrogen) atoms. The first-order chi connectivity index (χ1) is 14.9. The number of rotatable bonds is 10. The van der Waals surface area contributed by atoms with E-state index >= 15 is 0 Å². The number of hydrogen-bond acceptors (Lipinski definition) is 5. The van der Waals surface area contributed by atoms with Crippen molar-refractivity contribution < 1.29 is 13.2 Å². The lowest BCUT2D eigenvalue weighted by Crippen LogP contribution is -2.26. The molecule has 6 nitrogen and oxygen atoms in total. The van der Waals surface area contributed by atoms with Crippen molar-refractivity contribution in [3.63, 3.8) is 0 Å². The summed E-state index contributed by atoms with van der Waals surface area (Å²) in [6.45, 7) is 6.36. The lowest BCUT2D eigenvalue weighted by molar-refractivity contribution is 0.102. The molecule has 0 atom stereocenters. The zero-order valence-corrected chi connectivity index (χ0v) is 19.3. The van der Waals surface area contributed by atoms with Crippen LogP contribution < -0.4 is 14.9 Å². The number of hydrogen-bond donors (Lipinski definition) is 2. The Kier molecular flexibility index (Phi) is 7.84. The first-order valence-corrected chi connectivity index (χ1v) is 12.6. The van der Waals surface area contributed by atoms with Crippen LogP contribution in [-0.4, -0.2) is 34.0 Å². The second kappa shape index (κ2) is 10.6. The van der Waals surface area contributed by atoms with Crippen molar-refractivity contribution in [3.8, 4) is 0 Å². The van der Waals surface area contributed by atoms with Gasteiger partial charge in [0.1, 0.15) is 0 Å². The fourth-order valence-electron chi connectivity index (χ4n) is 3.18. The number of nitrogens with zero attached hydrogens (tertiary/aromatic N) is 1. The summed E-state index contributed by atoms with van der Waals surface area (Å²) in [6.07, 6.45) is 0.643. The molecule has 0 bridgehead atoms. The average molecular weight is 458 g/mol. The maximum absolute atomic E-state index is 12.5. The van der Waals surface area contributed by atoms with Crippen molar-refractivity contribution in [1.82, 2.24) is 4.72 Å². The minimum atomic E-state index is -3.61. The molecule has 0 aliphatic carbocycles. The van der Waals surface area contributed by atoms with Crippen LogP contribution in [0.15, 0.2) is 70.9 Å². The second-order valence-electron chi connectivity index (χ2n) is 6.92. The SMILES string of the molecule is CCN(CC)c1ccc(NC(=O)c2ccc(S(=O)(=O)NCCc3cccs3)cc2)cc1. The molecule has 0 aliphatic heterocycles. The summed E-state index contributed by atoms with van der Waals surface area (Å²) in [4.78, 5) is 16.0. The van der Waals surface area contributed by atoms with E-state index in [1.807, 2.05) is 41.8 Å². The van der Waals surface area contributed by atoms with E-state index in [-0.39, 0.29) is 10.8 Å². The lowest BCUT2D eigenvalue weighted by Gasteiger charge is -2.21. The van der Waals surface area contributed by atoms with Crippen molar-refractivity contribution >= 4 is 38.6 Å². The number of nitrogens with one attached hydrogen (secondary N) is 2. The summed E-state index contributed by atoms with van der Waals surface area (Å²) in [7, 11) is -3.61. The van der Waals surface area contributed by atoms with E-state index in [1.165, 1.54) is 24.3 Å². The highest BCUT2D eigenvalue weighted by Crippen LogP contribution is 2.19. The van der Waals surface area contributed by atoms with Gasteiger partial charge in [-0.25, -0.2) is 13.1 Å². The first-order valence-electron chi connectivity index (χ1n) is 10.2. The van der Waals surface area contributed by atoms with Crippen molar-refractivity contribution in [2.24, 2.45) is 0 Å². The van der Waals surface area contributed by atoms with Gasteiger partial charge in [-0.2, -0.15) is 0 Å². The van der Waals surface area contributed by atoms with Gasteiger partial charge in [0, 0.05) is 41.4 Å². The quantitative estimate of drug-likeness (QED) is 0.474. The number of benzene rings is 2. The molecule has 2 aromatic carbocycles. The number of carbonyl (C=O) groups excluding carboxylic acids is 1. The molecule has 0 aliphatic rings. The Morgan fingerprint density at radius 3 is 2.23 bits per heavy atom. The number of amides is 1. The summed E-state index contributed by atoms with van der Waals surface area (Å²) in [6, 6.07) is 17.5. The first kappa shape index (κ1) is 23.0. The monoisotopic (exact) mass is 457 g/mol. The predicted octanol–water partition coefficient (Wildman–Crippen LogP) is 4.37. The standard InChI is InChI=1S/C23H27N3O3S2/c1-3-26(4-2)20-11-9-19(10-12-20)25-23(27)18-7-13-22(14-8-18)31(28,29)24-16-15-21-6-5-17-30-21/h5-14,17,24H,3-4,15-16H2,1-2H3,(H,25,27). The second-order valence-corrected chi connectivity index (χ2v) is 9.72. The normalized spacial score (nSPS) is 11.3. The average Bonchev–Trinajstić information content (AvgIpc) is 3.29. The van der Waals surface area contributed by atoms with Gasteiger partial charge in [-0.05, 0) is 80.2 Å². The molecular weight excluding hydrogens is 430 g/mol. The third-order valence-corrected chi connectivity index (χ3v) is 7.34. The molecule has 8 heteroatoms. The van der Waals surface area contributed by atoms with Crippen molar-refractivity contribution in [2.45, 2.75) is 25.2 Å². The van der Waals surface area contributed by atoms with Crippen LogP contribution in [0.3, 0.4) is 0 Å². The Labute approximate surface area is 188 Å². The van der Waals surface area contributed by atoms with E-state index in [9.17, 15) is 13.2 Å². The fourth-order valence-corrected chi connectivity index (χ4v) is 4.92. The third-order valence-electron chi connectivity index (χ3n) is 4.92. The van der Waals surface area contributed by atoms with E-state index in [0.717, 1.165) is 23.7 Å². The minimum absolute atomic E-state index is 0.138. The molecular formula is C23H27N3O3S2. The van der Waals surface area contributed by atoms with E-state index in [2.05, 4.69) is 28.8 Å². The predicted molar refractivity (Wildman–Crippen MR) is 128 cm³/mol. The van der Waals surface area contributed by atoms with Crippen molar-refractivity contribution in [3.05, 3.63) is 76.5 Å². The van der Waals surface area contributed by atoms with Crippen LogP contribution in [0.5, 0.6) is 0 Å². The zero-order chi connectivity index (χ0) is 22.3. The Balaban J connectivity index is 1.59. The molecule has 0 saturated heterocycles. The van der Waals surface area contributed by atoms with Gasteiger partial charge < -0.3 is 10.2 Å². The van der Waals surface area contributed by atoms with Gasteiger partial charge in [-0.3, -0.25) is 4.79 Å². The zero-order valence-electron chi connectivity index (χ0n) is 17.7. The van der Waals surface area contributed by atoms with Crippen LogP contribution in [0.25, 0.3) is 0 Å². The summed E-state index contributed by atoms with van der Waals surface area (Å²) in [5.74, 6) is -0.287. The van der Waals surface area contributed by atoms with E-state index in [4.69, 9.17) is 0 Å². The van der Waals surface area contributed by atoms with Gasteiger partial charge in [0.05, 0.1) is 4.90 Å². The summed E-state index contributed by atoms with van der Waals surface area (Å²) in [5, 5.41) is 4.81. The van der Waals surface area contributed by atoms with Gasteiger partial charge in [-0.1, -0.05) is 6.07 Å². The maximum atomic E-state index is 12.5. The molecule has 1 heterocycles. The minimum Gasteiger partial charge on any atom is -0.372 e. The van der Waals surface area contributed by atoms with Gasteiger partial charge in [-0.15, -0.1) is 11.3 Å². The largest absolute Gasteiger partial charge is 0.372 e. The number of carbonyl (C=O) groups is 1. The summed E-state index contributed by atoms with van der Waals surface area (Å²) < 4.78 is 27.5. The van der Waals surface area contributed by atoms with Crippen LogP contribution in [-0.2, 0) is 16.4 Å².